The molecule has 2 aromatic carbocycles. The fraction of sp³-hybridized carbons (Fsp3) is 0.393. The van der Waals surface area contributed by atoms with Gasteiger partial charge in [-0.2, -0.15) is 0 Å². The third-order valence-corrected chi connectivity index (χ3v) is 11.9. The molecular weight excluding hydrogens is 534 g/mol. The molecule has 11 nitrogen and oxygen atoms in total. The van der Waals surface area contributed by atoms with E-state index in [-0.39, 0.29) is 17.3 Å². The van der Waals surface area contributed by atoms with Crippen molar-refractivity contribution in [2.45, 2.75) is 64.1 Å². The molecule has 1 aliphatic rings. The van der Waals surface area contributed by atoms with E-state index in [1.54, 1.807) is 0 Å². The predicted molar refractivity (Wildman–Crippen MR) is 148 cm³/mol. The largest absolute Gasteiger partial charge is 0.456 e. The molecule has 0 unspecified atom stereocenters. The Morgan fingerprint density at radius 1 is 0.975 bits per heavy atom. The summed E-state index contributed by atoms with van der Waals surface area (Å²) in [7, 11) is -2.99. The zero-order valence-corrected chi connectivity index (χ0v) is 24.0. The molecule has 0 saturated carbocycles. The van der Waals surface area contributed by atoms with E-state index < -0.39 is 55.5 Å². The van der Waals surface area contributed by atoms with Crippen LogP contribution in [0.25, 0.3) is 0 Å². The van der Waals surface area contributed by atoms with E-state index in [9.17, 15) is 19.7 Å². The third kappa shape index (κ3) is 5.83. The van der Waals surface area contributed by atoms with Crippen LogP contribution in [0.5, 0.6) is 0 Å². The number of esters is 2. The van der Waals surface area contributed by atoms with Crippen LogP contribution in [-0.4, -0.2) is 60.1 Å². The maximum Gasteiger partial charge on any atom is 0.432 e. The lowest BCUT2D eigenvalue weighted by Gasteiger charge is -2.43. The maximum absolute atomic E-state index is 12.2. The molecule has 0 amide bonds. The van der Waals surface area contributed by atoms with Crippen molar-refractivity contribution in [2.75, 3.05) is 6.61 Å². The van der Waals surface area contributed by atoms with Crippen molar-refractivity contribution in [2.24, 2.45) is 0 Å². The number of benzene rings is 2. The Hall–Kier alpha value is -3.87. The average molecular weight is 568 g/mol. The van der Waals surface area contributed by atoms with Gasteiger partial charge in [-0.15, -0.1) is 0 Å². The van der Waals surface area contributed by atoms with Gasteiger partial charge in [0, 0.05) is 13.8 Å². The number of nitrogens with zero attached hydrogens (tertiary/aromatic N) is 2. The van der Waals surface area contributed by atoms with Gasteiger partial charge in [-0.05, 0) is 20.3 Å². The second kappa shape index (κ2) is 11.7. The quantitative estimate of drug-likeness (QED) is 0.178. The molecule has 1 saturated heterocycles. The summed E-state index contributed by atoms with van der Waals surface area (Å²) in [6, 6.07) is 20.0. The van der Waals surface area contributed by atoms with Crippen molar-refractivity contribution in [1.82, 2.24) is 9.97 Å². The second-order valence-corrected chi connectivity index (χ2v) is 14.9. The summed E-state index contributed by atoms with van der Waals surface area (Å²) in [4.78, 5) is 41.2. The number of carbonyl (C=O) groups excluding carboxylic acids is 2. The molecule has 0 aliphatic carbocycles. The number of nitrogens with one attached hydrogen (secondary N) is 1. The first-order chi connectivity index (χ1) is 18.9. The fourth-order valence-electron chi connectivity index (χ4n) is 5.30. The van der Waals surface area contributed by atoms with E-state index in [0.717, 1.165) is 10.4 Å². The van der Waals surface area contributed by atoms with Gasteiger partial charge < -0.3 is 28.8 Å². The number of carbonyl (C=O) groups is 2. The summed E-state index contributed by atoms with van der Waals surface area (Å²) in [6.07, 6.45) is -2.75. The molecule has 1 aromatic heterocycles. The predicted octanol–water partition coefficient (Wildman–Crippen LogP) is 3.20. The first-order valence-corrected chi connectivity index (χ1v) is 14.8. The van der Waals surface area contributed by atoms with Crippen molar-refractivity contribution in [3.8, 4) is 0 Å². The Balaban J connectivity index is 1.76. The minimum Gasteiger partial charge on any atom is -0.456 e. The lowest BCUT2D eigenvalue weighted by atomic mass is 10.1. The van der Waals surface area contributed by atoms with Gasteiger partial charge in [-0.3, -0.25) is 9.59 Å². The van der Waals surface area contributed by atoms with E-state index in [4.69, 9.17) is 18.6 Å². The number of rotatable bonds is 9. The molecule has 4 rings (SSSR count). The van der Waals surface area contributed by atoms with Gasteiger partial charge in [0.2, 0.25) is 0 Å². The Morgan fingerprint density at radius 3 is 1.95 bits per heavy atom. The van der Waals surface area contributed by atoms with Crippen molar-refractivity contribution in [3.63, 3.8) is 0 Å². The Labute approximate surface area is 233 Å². The van der Waals surface area contributed by atoms with Crippen LogP contribution >= 0.6 is 0 Å². The van der Waals surface area contributed by atoms with Gasteiger partial charge in [0.15, 0.2) is 18.3 Å². The van der Waals surface area contributed by atoms with Gasteiger partial charge in [0.05, 0.1) is 6.61 Å². The van der Waals surface area contributed by atoms with Crippen LogP contribution in [-0.2, 0) is 28.2 Å². The van der Waals surface area contributed by atoms with Crippen LogP contribution in [0, 0.1) is 10.1 Å². The number of imidazole rings is 1. The standard InChI is InChI=1S/C28H33N3O8Si/c1-18(32)37-25-23(39-24(26(25)38-19(2)33)22-16-29-27(30-22)31(34)35)17-36-40(28(3,4)5,20-12-8-6-9-13-20)21-14-10-7-11-15-21/h6-16,23-26H,17H2,1-5H3,(H,29,30)/t23-,24+,25-,26+/m1/s1. The monoisotopic (exact) mass is 567 g/mol. The van der Waals surface area contributed by atoms with Crippen molar-refractivity contribution in [3.05, 3.63) is 82.7 Å². The highest BCUT2D eigenvalue weighted by Gasteiger charge is 2.55. The summed E-state index contributed by atoms with van der Waals surface area (Å²) >= 11 is 0. The van der Waals surface area contributed by atoms with E-state index in [1.165, 1.54) is 20.0 Å². The molecule has 40 heavy (non-hydrogen) atoms. The normalized spacial score (nSPS) is 21.1. The third-order valence-electron chi connectivity index (χ3n) is 6.86. The SMILES string of the molecule is CC(=O)O[C@@H]1[C@H](OC(C)=O)[C@@H](CO[Si](c2ccccc2)(c2ccccc2)C(C)(C)C)O[C@H]1c1cnc([N+](=O)[O-])[nH]1. The fourth-order valence-corrected chi connectivity index (χ4v) is 9.87. The number of hydrogen-bond acceptors (Lipinski definition) is 9. The van der Waals surface area contributed by atoms with E-state index >= 15 is 0 Å². The summed E-state index contributed by atoms with van der Waals surface area (Å²) < 4.78 is 24.5. The molecule has 4 atom stereocenters. The Bertz CT molecular complexity index is 1300. The van der Waals surface area contributed by atoms with Gasteiger partial charge in [-0.25, -0.2) is 4.98 Å². The van der Waals surface area contributed by atoms with Crippen LogP contribution in [0.15, 0.2) is 66.9 Å². The van der Waals surface area contributed by atoms with Crippen LogP contribution in [0.3, 0.4) is 0 Å². The first kappa shape index (κ1) is 29.1. The molecule has 1 aliphatic heterocycles. The molecule has 0 spiro atoms. The number of nitro groups is 1. The highest BCUT2D eigenvalue weighted by Crippen LogP contribution is 2.40. The molecule has 12 heteroatoms. The number of aromatic nitrogens is 2. The minimum absolute atomic E-state index is 0.00424. The summed E-state index contributed by atoms with van der Waals surface area (Å²) in [5.41, 5.74) is 0.211. The number of ether oxygens (including phenoxy) is 3. The molecule has 2 heterocycles. The summed E-state index contributed by atoms with van der Waals surface area (Å²) in [5.74, 6) is -1.72. The first-order valence-electron chi connectivity index (χ1n) is 12.9. The number of hydrogen-bond donors (Lipinski definition) is 1. The highest BCUT2D eigenvalue weighted by molar-refractivity contribution is 6.99. The zero-order chi connectivity index (χ0) is 29.1. The van der Waals surface area contributed by atoms with Crippen LogP contribution in [0.2, 0.25) is 5.04 Å². The van der Waals surface area contributed by atoms with Crippen LogP contribution in [0.4, 0.5) is 5.95 Å². The number of H-pyrrole nitrogens is 1. The summed E-state index contributed by atoms with van der Waals surface area (Å²) in [6.45, 7) is 8.86. The topological polar surface area (TPSA) is 143 Å². The Kier molecular flexibility index (Phi) is 8.52. The minimum atomic E-state index is -2.99. The Morgan fingerprint density at radius 2 is 1.50 bits per heavy atom. The van der Waals surface area contributed by atoms with Crippen molar-refractivity contribution < 1.29 is 33.1 Å². The molecule has 1 fully saturated rings. The summed E-state index contributed by atoms with van der Waals surface area (Å²) in [5, 5.41) is 13.0. The average Bonchev–Trinajstić information content (AvgIpc) is 3.50. The van der Waals surface area contributed by atoms with Gasteiger partial charge >= 0.3 is 17.9 Å². The molecule has 212 valence electrons. The molecule has 0 radical (unpaired) electrons. The molecule has 1 N–H and O–H groups in total. The van der Waals surface area contributed by atoms with Gasteiger partial charge in [0.1, 0.15) is 18.0 Å². The maximum atomic E-state index is 12.2. The second-order valence-electron chi connectivity index (χ2n) is 10.6. The van der Waals surface area contributed by atoms with E-state index in [2.05, 4.69) is 55.0 Å². The zero-order valence-electron chi connectivity index (χ0n) is 23.0. The lowest BCUT2D eigenvalue weighted by molar-refractivity contribution is -0.393. The van der Waals surface area contributed by atoms with Crippen molar-refractivity contribution in [1.29, 1.82) is 0 Å². The van der Waals surface area contributed by atoms with Crippen LogP contribution in [0.1, 0.15) is 46.4 Å². The van der Waals surface area contributed by atoms with Gasteiger partial charge in [-0.1, -0.05) is 86.4 Å². The molecule has 3 aromatic rings. The molecular formula is C28H33N3O8Si. The van der Waals surface area contributed by atoms with Crippen molar-refractivity contribution >= 4 is 36.6 Å². The molecule has 0 bridgehead atoms. The highest BCUT2D eigenvalue weighted by atomic mass is 28.4. The van der Waals surface area contributed by atoms with Gasteiger partial charge in [0.25, 0.3) is 8.32 Å². The van der Waals surface area contributed by atoms with E-state index in [1.807, 2.05) is 36.4 Å². The smallest absolute Gasteiger partial charge is 0.432 e. The number of aromatic amines is 1. The van der Waals surface area contributed by atoms with Crippen LogP contribution < -0.4 is 10.4 Å². The lowest BCUT2D eigenvalue weighted by Crippen LogP contribution is -2.67. The van der Waals surface area contributed by atoms with E-state index in [0.29, 0.717) is 0 Å².